The molecule has 0 heterocycles. The van der Waals surface area contributed by atoms with E-state index in [1.54, 1.807) is 6.07 Å². The second-order valence-electron chi connectivity index (χ2n) is 5.35. The van der Waals surface area contributed by atoms with Crippen molar-refractivity contribution in [1.29, 1.82) is 0 Å². The molecule has 3 heteroatoms. The molecule has 0 aromatic heterocycles. The Labute approximate surface area is 126 Å². The summed E-state index contributed by atoms with van der Waals surface area (Å²) in [5.41, 5.74) is 1.97. The average Bonchev–Trinajstić information content (AvgIpc) is 2.48. The summed E-state index contributed by atoms with van der Waals surface area (Å²) in [4.78, 5) is 0. The van der Waals surface area contributed by atoms with Crippen LogP contribution in [0.5, 0.6) is 11.5 Å². The molecule has 0 amide bonds. The molecule has 2 rings (SSSR count). The maximum Gasteiger partial charge on any atom is 0.132 e. The average molecular weight is 287 g/mol. The fraction of sp³-hybridized carbons (Fsp3) is 0.333. The highest BCUT2D eigenvalue weighted by Crippen LogP contribution is 2.29. The van der Waals surface area contributed by atoms with Crippen LogP contribution < -0.4 is 10.1 Å². The Bertz CT molecular complexity index is 596. The third-order valence-corrected chi connectivity index (χ3v) is 3.30. The number of ether oxygens (including phenoxy) is 1. The highest BCUT2D eigenvalue weighted by atomic mass is 19.1. The maximum absolute atomic E-state index is 13.5. The molecular weight excluding hydrogens is 265 g/mol. The zero-order chi connectivity index (χ0) is 15.2. The lowest BCUT2D eigenvalue weighted by atomic mass is 10.1. The predicted octanol–water partition coefficient (Wildman–Crippen LogP) is 4.68. The van der Waals surface area contributed by atoms with Crippen LogP contribution in [0.25, 0.3) is 0 Å². The molecule has 0 unspecified atom stereocenters. The van der Waals surface area contributed by atoms with E-state index in [1.807, 2.05) is 24.3 Å². The van der Waals surface area contributed by atoms with Gasteiger partial charge >= 0.3 is 0 Å². The molecule has 0 saturated heterocycles. The fourth-order valence-corrected chi connectivity index (χ4v) is 2.11. The van der Waals surface area contributed by atoms with Gasteiger partial charge in [0.05, 0.1) is 0 Å². The van der Waals surface area contributed by atoms with Crippen LogP contribution in [0.1, 0.15) is 31.9 Å². The standard InChI is InChI=1S/C18H22FNO/c1-4-14-7-5-6-8-17(14)21-18-10-9-16(19)11-15(18)12-20-13(2)3/h5-11,13,20H,4,12H2,1-3H3. The van der Waals surface area contributed by atoms with E-state index in [1.165, 1.54) is 12.1 Å². The molecular formula is C18H22FNO. The van der Waals surface area contributed by atoms with Crippen molar-refractivity contribution in [2.45, 2.75) is 39.8 Å². The van der Waals surface area contributed by atoms with Gasteiger partial charge in [0.15, 0.2) is 0 Å². The molecule has 2 aromatic rings. The molecule has 0 aliphatic carbocycles. The number of rotatable bonds is 6. The van der Waals surface area contributed by atoms with Crippen molar-refractivity contribution in [3.63, 3.8) is 0 Å². The van der Waals surface area contributed by atoms with Gasteiger partial charge in [-0.2, -0.15) is 0 Å². The minimum absolute atomic E-state index is 0.244. The van der Waals surface area contributed by atoms with Gasteiger partial charge in [0.25, 0.3) is 0 Å². The molecule has 0 bridgehead atoms. The summed E-state index contributed by atoms with van der Waals surface area (Å²) in [6.45, 7) is 6.80. The van der Waals surface area contributed by atoms with E-state index in [0.717, 1.165) is 23.3 Å². The van der Waals surface area contributed by atoms with E-state index in [-0.39, 0.29) is 5.82 Å². The summed E-state index contributed by atoms with van der Waals surface area (Å²) in [5.74, 6) is 1.29. The molecule has 0 radical (unpaired) electrons. The van der Waals surface area contributed by atoms with E-state index in [9.17, 15) is 4.39 Å². The van der Waals surface area contributed by atoms with Crippen molar-refractivity contribution in [3.8, 4) is 11.5 Å². The lowest BCUT2D eigenvalue weighted by molar-refractivity contribution is 0.461. The van der Waals surface area contributed by atoms with Crippen LogP contribution in [-0.2, 0) is 13.0 Å². The molecule has 2 nitrogen and oxygen atoms in total. The van der Waals surface area contributed by atoms with Crippen LogP contribution in [-0.4, -0.2) is 6.04 Å². The summed E-state index contributed by atoms with van der Waals surface area (Å²) >= 11 is 0. The lowest BCUT2D eigenvalue weighted by Gasteiger charge is -2.15. The first-order chi connectivity index (χ1) is 10.1. The highest BCUT2D eigenvalue weighted by Gasteiger charge is 2.09. The van der Waals surface area contributed by atoms with E-state index in [4.69, 9.17) is 4.74 Å². The van der Waals surface area contributed by atoms with Gasteiger partial charge in [0.2, 0.25) is 0 Å². The predicted molar refractivity (Wildman–Crippen MR) is 84.3 cm³/mol. The van der Waals surface area contributed by atoms with Gasteiger partial charge in [-0.1, -0.05) is 39.0 Å². The second-order valence-corrected chi connectivity index (χ2v) is 5.35. The van der Waals surface area contributed by atoms with Crippen LogP contribution in [0.3, 0.4) is 0 Å². The number of para-hydroxylation sites is 1. The van der Waals surface area contributed by atoms with Crippen molar-refractivity contribution >= 4 is 0 Å². The first-order valence-electron chi connectivity index (χ1n) is 7.37. The summed E-state index contributed by atoms with van der Waals surface area (Å²) in [6, 6.07) is 12.9. The monoisotopic (exact) mass is 287 g/mol. The van der Waals surface area contributed by atoms with Crippen LogP contribution in [0.4, 0.5) is 4.39 Å². The molecule has 0 aliphatic heterocycles. The zero-order valence-corrected chi connectivity index (χ0v) is 12.8. The van der Waals surface area contributed by atoms with E-state index in [2.05, 4.69) is 26.1 Å². The molecule has 0 saturated carbocycles. The molecule has 2 aromatic carbocycles. The van der Waals surface area contributed by atoms with Crippen molar-refractivity contribution in [1.82, 2.24) is 5.32 Å². The minimum atomic E-state index is -0.244. The van der Waals surface area contributed by atoms with E-state index < -0.39 is 0 Å². The van der Waals surface area contributed by atoms with Gasteiger partial charge < -0.3 is 10.1 Å². The molecule has 0 spiro atoms. The van der Waals surface area contributed by atoms with Gasteiger partial charge in [0.1, 0.15) is 17.3 Å². The van der Waals surface area contributed by atoms with Crippen molar-refractivity contribution in [3.05, 3.63) is 59.4 Å². The number of halogens is 1. The number of benzene rings is 2. The van der Waals surface area contributed by atoms with E-state index >= 15 is 0 Å². The Morgan fingerprint density at radius 1 is 1.05 bits per heavy atom. The fourth-order valence-electron chi connectivity index (χ4n) is 2.11. The molecule has 112 valence electrons. The summed E-state index contributed by atoms with van der Waals surface area (Å²) in [5, 5.41) is 3.30. The van der Waals surface area contributed by atoms with Crippen LogP contribution in [0.2, 0.25) is 0 Å². The van der Waals surface area contributed by atoms with Crippen molar-refractivity contribution in [2.24, 2.45) is 0 Å². The number of hydrogen-bond donors (Lipinski definition) is 1. The first kappa shape index (κ1) is 15.5. The van der Waals surface area contributed by atoms with Gasteiger partial charge in [-0.05, 0) is 36.2 Å². The molecule has 21 heavy (non-hydrogen) atoms. The minimum Gasteiger partial charge on any atom is -0.457 e. The van der Waals surface area contributed by atoms with E-state index in [0.29, 0.717) is 18.3 Å². The second kappa shape index (κ2) is 7.23. The smallest absolute Gasteiger partial charge is 0.132 e. The maximum atomic E-state index is 13.5. The molecule has 1 N–H and O–H groups in total. The quantitative estimate of drug-likeness (QED) is 0.833. The van der Waals surface area contributed by atoms with Crippen LogP contribution in [0, 0.1) is 5.82 Å². The Hall–Kier alpha value is -1.87. The van der Waals surface area contributed by atoms with Gasteiger partial charge in [-0.3, -0.25) is 0 Å². The molecule has 0 atom stereocenters. The topological polar surface area (TPSA) is 21.3 Å². The number of nitrogens with one attached hydrogen (secondary N) is 1. The summed E-state index contributed by atoms with van der Waals surface area (Å²) in [7, 11) is 0. The highest BCUT2D eigenvalue weighted by molar-refractivity contribution is 5.41. The third-order valence-electron chi connectivity index (χ3n) is 3.30. The van der Waals surface area contributed by atoms with Gasteiger partial charge in [-0.15, -0.1) is 0 Å². The SMILES string of the molecule is CCc1ccccc1Oc1ccc(F)cc1CNC(C)C. The van der Waals surface area contributed by atoms with Crippen LogP contribution >= 0.6 is 0 Å². The normalized spacial score (nSPS) is 10.9. The largest absolute Gasteiger partial charge is 0.457 e. The van der Waals surface area contributed by atoms with Crippen molar-refractivity contribution in [2.75, 3.05) is 0 Å². The lowest BCUT2D eigenvalue weighted by Crippen LogP contribution is -2.22. The Kier molecular flexibility index (Phi) is 5.34. The summed E-state index contributed by atoms with van der Waals surface area (Å²) in [6.07, 6.45) is 0.900. The number of hydrogen-bond acceptors (Lipinski definition) is 2. The Balaban J connectivity index is 2.26. The third kappa shape index (κ3) is 4.30. The van der Waals surface area contributed by atoms with Crippen molar-refractivity contribution < 1.29 is 9.13 Å². The Morgan fingerprint density at radius 2 is 1.76 bits per heavy atom. The molecule has 0 aliphatic rings. The summed E-state index contributed by atoms with van der Waals surface area (Å²) < 4.78 is 19.5. The van der Waals surface area contributed by atoms with Crippen LogP contribution in [0.15, 0.2) is 42.5 Å². The van der Waals surface area contributed by atoms with Gasteiger partial charge in [-0.25, -0.2) is 4.39 Å². The van der Waals surface area contributed by atoms with Gasteiger partial charge in [0, 0.05) is 18.2 Å². The first-order valence-corrected chi connectivity index (χ1v) is 7.37. The Morgan fingerprint density at radius 3 is 2.48 bits per heavy atom. The number of aryl methyl sites for hydroxylation is 1. The molecule has 0 fully saturated rings. The zero-order valence-electron chi connectivity index (χ0n) is 12.8.